The predicted octanol–water partition coefficient (Wildman–Crippen LogP) is 5.13. The van der Waals surface area contributed by atoms with Crippen LogP contribution < -0.4 is 5.32 Å². The molecule has 29 heavy (non-hydrogen) atoms. The van der Waals surface area contributed by atoms with Crippen LogP contribution in [0.5, 0.6) is 0 Å². The number of aryl methyl sites for hydroxylation is 1. The molecule has 1 amide bonds. The van der Waals surface area contributed by atoms with Gasteiger partial charge in [0.15, 0.2) is 5.82 Å². The van der Waals surface area contributed by atoms with Gasteiger partial charge in [-0.15, -0.1) is 23.1 Å². The van der Waals surface area contributed by atoms with Crippen molar-refractivity contribution >= 4 is 29.0 Å². The van der Waals surface area contributed by atoms with E-state index in [1.54, 1.807) is 11.3 Å². The van der Waals surface area contributed by atoms with Crippen LogP contribution in [0.3, 0.4) is 0 Å². The van der Waals surface area contributed by atoms with Gasteiger partial charge in [0.1, 0.15) is 5.03 Å². The van der Waals surface area contributed by atoms with Gasteiger partial charge in [0, 0.05) is 13.2 Å². The number of thiophene rings is 1. The van der Waals surface area contributed by atoms with Gasteiger partial charge >= 0.3 is 0 Å². The molecule has 0 saturated heterocycles. The number of ether oxygens (including phenoxy) is 1. The smallest absolute Gasteiger partial charge is 0.255 e. The van der Waals surface area contributed by atoms with Gasteiger partial charge in [-0.2, -0.15) is 0 Å². The molecule has 0 aliphatic rings. The summed E-state index contributed by atoms with van der Waals surface area (Å²) in [6.07, 6.45) is 2.70. The summed E-state index contributed by atoms with van der Waals surface area (Å²) >= 11 is 3.05. The van der Waals surface area contributed by atoms with Crippen LogP contribution in [0.4, 0.5) is 0 Å². The first-order valence-corrected chi connectivity index (χ1v) is 11.6. The topological polar surface area (TPSA) is 64.1 Å². The number of carbonyl (C=O) groups excluding carboxylic acids is 1. The van der Waals surface area contributed by atoms with Crippen molar-refractivity contribution in [2.75, 3.05) is 19.4 Å². The molecule has 1 aromatic carbocycles. The summed E-state index contributed by atoms with van der Waals surface area (Å²) < 4.78 is 5.86. The minimum Gasteiger partial charge on any atom is -0.374 e. The number of rotatable bonds is 9. The second-order valence-electron chi connectivity index (χ2n) is 6.53. The molecule has 3 rings (SSSR count). The van der Waals surface area contributed by atoms with E-state index < -0.39 is 0 Å². The summed E-state index contributed by atoms with van der Waals surface area (Å²) in [4.78, 5) is 22.9. The molecule has 3 aromatic rings. The Morgan fingerprint density at radius 3 is 2.69 bits per heavy atom. The van der Waals surface area contributed by atoms with E-state index in [1.807, 2.05) is 55.8 Å². The van der Waals surface area contributed by atoms with Crippen LogP contribution in [0.1, 0.15) is 41.1 Å². The van der Waals surface area contributed by atoms with Crippen molar-refractivity contribution in [2.24, 2.45) is 0 Å². The van der Waals surface area contributed by atoms with Gasteiger partial charge in [-0.1, -0.05) is 36.4 Å². The summed E-state index contributed by atoms with van der Waals surface area (Å²) in [6.45, 7) is 5.02. The highest BCUT2D eigenvalue weighted by Crippen LogP contribution is 2.27. The van der Waals surface area contributed by atoms with E-state index in [0.29, 0.717) is 35.3 Å². The zero-order valence-corrected chi connectivity index (χ0v) is 18.5. The van der Waals surface area contributed by atoms with E-state index in [2.05, 4.69) is 27.4 Å². The van der Waals surface area contributed by atoms with Crippen molar-refractivity contribution in [3.8, 4) is 10.7 Å². The molecule has 5 nitrogen and oxygen atoms in total. The molecule has 0 fully saturated rings. The van der Waals surface area contributed by atoms with Crippen LogP contribution in [-0.2, 0) is 4.74 Å². The van der Waals surface area contributed by atoms with Crippen LogP contribution in [0.2, 0.25) is 0 Å². The quantitative estimate of drug-likeness (QED) is 0.291. The zero-order valence-electron chi connectivity index (χ0n) is 16.8. The third kappa shape index (κ3) is 5.65. The summed E-state index contributed by atoms with van der Waals surface area (Å²) in [5, 5.41) is 5.67. The third-order valence-corrected chi connectivity index (χ3v) is 6.01. The van der Waals surface area contributed by atoms with E-state index in [1.165, 1.54) is 11.8 Å². The Morgan fingerprint density at radius 1 is 1.21 bits per heavy atom. The van der Waals surface area contributed by atoms with Crippen molar-refractivity contribution in [1.29, 1.82) is 0 Å². The molecule has 1 atom stereocenters. The molecule has 2 aromatic heterocycles. The molecule has 0 radical (unpaired) electrons. The summed E-state index contributed by atoms with van der Waals surface area (Å²) in [5.74, 6) is 0.530. The maximum Gasteiger partial charge on any atom is 0.255 e. The molecule has 0 saturated carbocycles. The first-order valence-electron chi connectivity index (χ1n) is 9.51. The second kappa shape index (κ2) is 10.5. The number of hydrogen-bond donors (Lipinski definition) is 1. The standard InChI is InChI=1S/C22H25N3O2S2/c1-15-19(22(28-3)25-20(24-15)18-11-7-14-29-18)21(26)23-12-8-13-27-16(2)17-9-5-4-6-10-17/h4-7,9-11,14,16H,8,12-13H2,1-3H3,(H,23,26)/t16-/m1/s1. The van der Waals surface area contributed by atoms with Gasteiger partial charge in [0.05, 0.1) is 22.2 Å². The Balaban J connectivity index is 1.54. The number of hydrogen-bond acceptors (Lipinski definition) is 6. The molecule has 0 aliphatic heterocycles. The maximum atomic E-state index is 12.7. The lowest BCUT2D eigenvalue weighted by molar-refractivity contribution is 0.0634. The fourth-order valence-electron chi connectivity index (χ4n) is 2.91. The molecule has 2 heterocycles. The normalized spacial score (nSPS) is 12.0. The van der Waals surface area contributed by atoms with E-state index in [-0.39, 0.29) is 12.0 Å². The van der Waals surface area contributed by atoms with E-state index in [0.717, 1.165) is 16.9 Å². The summed E-state index contributed by atoms with van der Waals surface area (Å²) in [5.41, 5.74) is 2.40. The van der Waals surface area contributed by atoms with Crippen LogP contribution >= 0.6 is 23.1 Å². The third-order valence-electron chi connectivity index (χ3n) is 4.46. The molecule has 0 unspecified atom stereocenters. The predicted molar refractivity (Wildman–Crippen MR) is 120 cm³/mol. The highest BCUT2D eigenvalue weighted by molar-refractivity contribution is 7.98. The zero-order chi connectivity index (χ0) is 20.6. The van der Waals surface area contributed by atoms with Crippen LogP contribution in [0, 0.1) is 6.92 Å². The fraction of sp³-hybridized carbons (Fsp3) is 0.318. The molecule has 7 heteroatoms. The number of carbonyl (C=O) groups is 1. The molecule has 0 aliphatic carbocycles. The van der Waals surface area contributed by atoms with Crippen molar-refractivity contribution in [2.45, 2.75) is 31.4 Å². The minimum atomic E-state index is -0.138. The number of nitrogens with zero attached hydrogens (tertiary/aromatic N) is 2. The van der Waals surface area contributed by atoms with Gasteiger partial charge < -0.3 is 10.1 Å². The number of amides is 1. The van der Waals surface area contributed by atoms with Crippen LogP contribution in [0.25, 0.3) is 10.7 Å². The van der Waals surface area contributed by atoms with Crippen molar-refractivity contribution < 1.29 is 9.53 Å². The highest BCUT2D eigenvalue weighted by Gasteiger charge is 2.19. The average Bonchev–Trinajstić information content (AvgIpc) is 3.28. The largest absolute Gasteiger partial charge is 0.374 e. The number of benzene rings is 1. The van der Waals surface area contributed by atoms with Gasteiger partial charge in [-0.05, 0) is 43.5 Å². The molecule has 0 spiro atoms. The lowest BCUT2D eigenvalue weighted by Crippen LogP contribution is -2.27. The molecule has 0 bridgehead atoms. The van der Waals surface area contributed by atoms with Gasteiger partial charge in [0.25, 0.3) is 5.91 Å². The monoisotopic (exact) mass is 427 g/mol. The maximum absolute atomic E-state index is 12.7. The molecule has 152 valence electrons. The Kier molecular flexibility index (Phi) is 7.80. The highest BCUT2D eigenvalue weighted by atomic mass is 32.2. The summed E-state index contributed by atoms with van der Waals surface area (Å²) in [6, 6.07) is 14.1. The van der Waals surface area contributed by atoms with Gasteiger partial charge in [-0.3, -0.25) is 4.79 Å². The van der Waals surface area contributed by atoms with Crippen molar-refractivity contribution in [3.63, 3.8) is 0 Å². The Labute approximate surface area is 179 Å². The SMILES string of the molecule is CSc1nc(-c2cccs2)nc(C)c1C(=O)NCCCO[C@H](C)c1ccccc1. The van der Waals surface area contributed by atoms with Crippen molar-refractivity contribution in [3.05, 3.63) is 64.7 Å². The van der Waals surface area contributed by atoms with E-state index in [4.69, 9.17) is 4.74 Å². The molecule has 1 N–H and O–H groups in total. The van der Waals surface area contributed by atoms with Crippen molar-refractivity contribution in [1.82, 2.24) is 15.3 Å². The minimum absolute atomic E-state index is 0.0374. The van der Waals surface area contributed by atoms with E-state index in [9.17, 15) is 4.79 Å². The number of nitrogens with one attached hydrogen (secondary N) is 1. The number of aromatic nitrogens is 2. The van der Waals surface area contributed by atoms with Crippen LogP contribution in [-0.4, -0.2) is 35.3 Å². The Morgan fingerprint density at radius 2 is 2.00 bits per heavy atom. The first kappa shape index (κ1) is 21.5. The summed E-state index contributed by atoms with van der Waals surface area (Å²) in [7, 11) is 0. The van der Waals surface area contributed by atoms with E-state index >= 15 is 0 Å². The molecular weight excluding hydrogens is 402 g/mol. The molecular formula is C22H25N3O2S2. The lowest BCUT2D eigenvalue weighted by Gasteiger charge is -2.14. The fourth-order valence-corrected chi connectivity index (χ4v) is 4.19. The lowest BCUT2D eigenvalue weighted by atomic mass is 10.1. The van der Waals surface area contributed by atoms with Crippen LogP contribution in [0.15, 0.2) is 52.9 Å². The Hall–Kier alpha value is -2.22. The van der Waals surface area contributed by atoms with Gasteiger partial charge in [-0.25, -0.2) is 9.97 Å². The average molecular weight is 428 g/mol. The Bertz CT molecular complexity index is 931. The number of thioether (sulfide) groups is 1. The van der Waals surface area contributed by atoms with Gasteiger partial charge in [0.2, 0.25) is 0 Å². The first-order chi connectivity index (χ1) is 14.1. The second-order valence-corrected chi connectivity index (χ2v) is 8.27.